The predicted octanol–water partition coefficient (Wildman–Crippen LogP) is 4.39. The van der Waals surface area contributed by atoms with Gasteiger partial charge in [0, 0.05) is 18.8 Å². The molecule has 0 heterocycles. The zero-order chi connectivity index (χ0) is 15.1. The second-order valence-corrected chi connectivity index (χ2v) is 6.63. The van der Waals surface area contributed by atoms with Crippen LogP contribution >= 0.6 is 0 Å². The van der Waals surface area contributed by atoms with Gasteiger partial charge in [-0.05, 0) is 48.8 Å². The number of anilines is 1. The van der Waals surface area contributed by atoms with Crippen molar-refractivity contribution >= 4 is 5.69 Å². The monoisotopic (exact) mass is 277 g/mol. The summed E-state index contributed by atoms with van der Waals surface area (Å²) < 4.78 is 0. The minimum atomic E-state index is 0.124. The summed E-state index contributed by atoms with van der Waals surface area (Å²) in [6.45, 7) is 13.6. The molecule has 0 fully saturated rings. The van der Waals surface area contributed by atoms with E-state index in [1.54, 1.807) is 0 Å². The van der Waals surface area contributed by atoms with E-state index in [0.717, 1.165) is 30.5 Å². The van der Waals surface area contributed by atoms with Gasteiger partial charge in [0.25, 0.3) is 0 Å². The first-order valence-corrected chi connectivity index (χ1v) is 7.89. The van der Waals surface area contributed by atoms with Crippen LogP contribution in [0.5, 0.6) is 0 Å². The number of hydrogen-bond donors (Lipinski definition) is 1. The molecule has 0 saturated carbocycles. The van der Waals surface area contributed by atoms with E-state index in [1.165, 1.54) is 24.1 Å². The number of hydrogen-bond acceptors (Lipinski definition) is 2. The average Bonchev–Trinajstić information content (AvgIpc) is 2.39. The van der Waals surface area contributed by atoms with Gasteiger partial charge in [-0.3, -0.25) is 0 Å². The Bertz CT molecular complexity index is 386. The quantitative estimate of drug-likeness (QED) is 0.762. The molecule has 114 valence electrons. The molecular weight excluding hydrogens is 246 g/mol. The molecule has 0 unspecified atom stereocenters. The lowest BCUT2D eigenvalue weighted by molar-refractivity contribution is 0.282. The Labute approximate surface area is 124 Å². The highest BCUT2D eigenvalue weighted by molar-refractivity contribution is 5.54. The standard InChI is InChI=1S/C18H31NO/c1-14(2)8-10-19(11-9-15(3)4)18-7-6-17(13-20)12-16(18)5/h6-7,12,14-15,20H,8-11,13H2,1-5H3. The molecule has 1 aromatic rings. The van der Waals surface area contributed by atoms with Crippen LogP contribution in [-0.4, -0.2) is 18.2 Å². The molecule has 0 aliphatic heterocycles. The molecule has 0 amide bonds. The van der Waals surface area contributed by atoms with Crippen molar-refractivity contribution in [2.24, 2.45) is 11.8 Å². The summed E-state index contributed by atoms with van der Waals surface area (Å²) in [5, 5.41) is 9.23. The third kappa shape index (κ3) is 5.54. The van der Waals surface area contributed by atoms with Crippen LogP contribution in [-0.2, 0) is 6.61 Å². The van der Waals surface area contributed by atoms with Gasteiger partial charge in [-0.25, -0.2) is 0 Å². The van der Waals surface area contributed by atoms with Crippen molar-refractivity contribution in [2.45, 2.75) is 54.1 Å². The number of aryl methyl sites for hydroxylation is 1. The predicted molar refractivity (Wildman–Crippen MR) is 88.2 cm³/mol. The van der Waals surface area contributed by atoms with Crippen molar-refractivity contribution < 1.29 is 5.11 Å². The van der Waals surface area contributed by atoms with Crippen molar-refractivity contribution in [3.05, 3.63) is 29.3 Å². The van der Waals surface area contributed by atoms with Crippen LogP contribution in [0.25, 0.3) is 0 Å². The molecule has 0 spiro atoms. The minimum absolute atomic E-state index is 0.124. The van der Waals surface area contributed by atoms with Gasteiger partial charge in [0.05, 0.1) is 6.61 Å². The smallest absolute Gasteiger partial charge is 0.0681 e. The summed E-state index contributed by atoms with van der Waals surface area (Å²) in [5.41, 5.74) is 3.59. The van der Waals surface area contributed by atoms with Gasteiger partial charge in [0.2, 0.25) is 0 Å². The van der Waals surface area contributed by atoms with E-state index in [9.17, 15) is 5.11 Å². The van der Waals surface area contributed by atoms with Crippen molar-refractivity contribution in [3.63, 3.8) is 0 Å². The zero-order valence-electron chi connectivity index (χ0n) is 13.8. The van der Waals surface area contributed by atoms with E-state index in [2.05, 4.69) is 51.7 Å². The van der Waals surface area contributed by atoms with E-state index >= 15 is 0 Å². The molecule has 0 bridgehead atoms. The maximum absolute atomic E-state index is 9.23. The van der Waals surface area contributed by atoms with Crippen LogP contribution in [0.1, 0.15) is 51.7 Å². The first-order valence-electron chi connectivity index (χ1n) is 7.89. The van der Waals surface area contributed by atoms with E-state index in [4.69, 9.17) is 0 Å². The molecule has 0 aromatic heterocycles. The van der Waals surface area contributed by atoms with Crippen LogP contribution in [0.15, 0.2) is 18.2 Å². The largest absolute Gasteiger partial charge is 0.392 e. The third-order valence-corrected chi connectivity index (χ3v) is 3.74. The Morgan fingerprint density at radius 1 is 1.00 bits per heavy atom. The summed E-state index contributed by atoms with van der Waals surface area (Å²) in [6, 6.07) is 6.31. The Morgan fingerprint density at radius 2 is 1.55 bits per heavy atom. The van der Waals surface area contributed by atoms with Crippen molar-refractivity contribution in [2.75, 3.05) is 18.0 Å². The zero-order valence-corrected chi connectivity index (χ0v) is 13.8. The van der Waals surface area contributed by atoms with Crippen LogP contribution in [0.4, 0.5) is 5.69 Å². The minimum Gasteiger partial charge on any atom is -0.392 e. The fourth-order valence-electron chi connectivity index (χ4n) is 2.35. The number of nitrogens with zero attached hydrogens (tertiary/aromatic N) is 1. The highest BCUT2D eigenvalue weighted by Crippen LogP contribution is 2.23. The average molecular weight is 277 g/mol. The van der Waals surface area contributed by atoms with Gasteiger partial charge < -0.3 is 10.0 Å². The van der Waals surface area contributed by atoms with Crippen LogP contribution in [0.2, 0.25) is 0 Å². The van der Waals surface area contributed by atoms with E-state index in [-0.39, 0.29) is 6.61 Å². The van der Waals surface area contributed by atoms with Gasteiger partial charge in [-0.15, -0.1) is 0 Å². The van der Waals surface area contributed by atoms with Gasteiger partial charge >= 0.3 is 0 Å². The van der Waals surface area contributed by atoms with Crippen molar-refractivity contribution in [1.29, 1.82) is 0 Å². The fourth-order valence-corrected chi connectivity index (χ4v) is 2.35. The van der Waals surface area contributed by atoms with E-state index < -0.39 is 0 Å². The molecule has 0 aliphatic carbocycles. The number of benzene rings is 1. The number of aliphatic hydroxyl groups is 1. The summed E-state index contributed by atoms with van der Waals surface area (Å²) in [4.78, 5) is 2.51. The van der Waals surface area contributed by atoms with Gasteiger partial charge in [-0.2, -0.15) is 0 Å². The molecule has 1 N–H and O–H groups in total. The highest BCUT2D eigenvalue weighted by Gasteiger charge is 2.11. The van der Waals surface area contributed by atoms with Crippen molar-refractivity contribution in [1.82, 2.24) is 0 Å². The maximum atomic E-state index is 9.23. The molecule has 2 nitrogen and oxygen atoms in total. The second kappa shape index (κ2) is 8.31. The normalized spacial score (nSPS) is 11.4. The van der Waals surface area contributed by atoms with E-state index in [0.29, 0.717) is 0 Å². The van der Waals surface area contributed by atoms with E-state index in [1.807, 2.05) is 6.07 Å². The van der Waals surface area contributed by atoms with Gasteiger partial charge in [-0.1, -0.05) is 39.8 Å². The van der Waals surface area contributed by atoms with Crippen LogP contribution in [0, 0.1) is 18.8 Å². The Balaban J connectivity index is 2.84. The molecule has 0 radical (unpaired) electrons. The third-order valence-electron chi connectivity index (χ3n) is 3.74. The maximum Gasteiger partial charge on any atom is 0.0681 e. The molecule has 20 heavy (non-hydrogen) atoms. The molecule has 1 rings (SSSR count). The lowest BCUT2D eigenvalue weighted by Gasteiger charge is -2.28. The molecule has 0 saturated heterocycles. The topological polar surface area (TPSA) is 23.5 Å². The van der Waals surface area contributed by atoms with Crippen LogP contribution in [0.3, 0.4) is 0 Å². The van der Waals surface area contributed by atoms with Gasteiger partial charge in [0.1, 0.15) is 0 Å². The number of aliphatic hydroxyl groups excluding tert-OH is 1. The lowest BCUT2D eigenvalue weighted by atomic mass is 10.1. The Kier molecular flexibility index (Phi) is 7.08. The molecule has 2 heteroatoms. The summed E-state index contributed by atoms with van der Waals surface area (Å²) in [7, 11) is 0. The summed E-state index contributed by atoms with van der Waals surface area (Å²) in [5.74, 6) is 1.46. The second-order valence-electron chi connectivity index (χ2n) is 6.63. The SMILES string of the molecule is Cc1cc(CO)ccc1N(CCC(C)C)CCC(C)C. The van der Waals surface area contributed by atoms with Gasteiger partial charge in [0.15, 0.2) is 0 Å². The Morgan fingerprint density at radius 3 is 1.95 bits per heavy atom. The molecule has 0 aliphatic rings. The highest BCUT2D eigenvalue weighted by atomic mass is 16.3. The fraction of sp³-hybridized carbons (Fsp3) is 0.667. The summed E-state index contributed by atoms with van der Waals surface area (Å²) >= 11 is 0. The first-order chi connectivity index (χ1) is 9.43. The number of rotatable bonds is 8. The summed E-state index contributed by atoms with van der Waals surface area (Å²) in [6.07, 6.45) is 2.44. The first kappa shape index (κ1) is 17.0. The molecule has 1 aromatic carbocycles. The van der Waals surface area contributed by atoms with Crippen LogP contribution < -0.4 is 4.90 Å². The molecule has 0 atom stereocenters. The molecular formula is C18H31NO. The Hall–Kier alpha value is -1.02. The lowest BCUT2D eigenvalue weighted by Crippen LogP contribution is -2.28. The van der Waals surface area contributed by atoms with Crippen molar-refractivity contribution in [3.8, 4) is 0 Å².